The average molecular weight is 581 g/mol. The normalized spacial score (nSPS) is 11.2. The van der Waals surface area contributed by atoms with Gasteiger partial charge < -0.3 is 18.6 Å². The minimum absolute atomic E-state index is 0.278. The van der Waals surface area contributed by atoms with Crippen LogP contribution in [0.3, 0.4) is 0 Å². The summed E-state index contributed by atoms with van der Waals surface area (Å²) in [6.07, 6.45) is 3.49. The van der Waals surface area contributed by atoms with Gasteiger partial charge in [-0.15, -0.1) is 16.4 Å². The molecule has 11 nitrogen and oxygen atoms in total. The van der Waals surface area contributed by atoms with Gasteiger partial charge in [0, 0.05) is 10.8 Å². The maximum atomic E-state index is 12.6. The Labute approximate surface area is 243 Å². The first kappa shape index (κ1) is 26.7. The van der Waals surface area contributed by atoms with Crippen LogP contribution in [0, 0.1) is 0 Å². The molecule has 0 radical (unpaired) electrons. The van der Waals surface area contributed by atoms with Crippen LogP contribution >= 0.6 is 11.3 Å². The summed E-state index contributed by atoms with van der Waals surface area (Å²) in [6.45, 7) is 0.278. The Bertz CT molecular complexity index is 1910. The number of ether oxygens (including phenoxy) is 3. The summed E-state index contributed by atoms with van der Waals surface area (Å²) in [7, 11) is 3.16. The Morgan fingerprint density at radius 2 is 1.83 bits per heavy atom. The fraction of sp³-hybridized carbons (Fsp3) is 0.100. The molecule has 42 heavy (non-hydrogen) atoms. The minimum Gasteiger partial charge on any atom is -0.497 e. The van der Waals surface area contributed by atoms with Crippen LogP contribution in [0.1, 0.15) is 11.3 Å². The van der Waals surface area contributed by atoms with Crippen LogP contribution in [0.5, 0.6) is 17.2 Å². The number of fused-ring (bicyclic) bond motifs is 1. The highest BCUT2D eigenvalue weighted by molar-refractivity contribution is 7.14. The largest absolute Gasteiger partial charge is 0.497 e. The molecule has 0 aliphatic carbocycles. The molecular weight excluding hydrogens is 556 g/mol. The van der Waals surface area contributed by atoms with E-state index < -0.39 is 5.63 Å². The number of hydrogen-bond donors (Lipinski definition) is 1. The van der Waals surface area contributed by atoms with Crippen molar-refractivity contribution < 1.29 is 18.6 Å². The van der Waals surface area contributed by atoms with E-state index in [9.17, 15) is 4.79 Å². The van der Waals surface area contributed by atoms with E-state index in [0.717, 1.165) is 22.4 Å². The third-order valence-corrected chi connectivity index (χ3v) is 6.99. The molecule has 12 heteroatoms. The number of hydrazone groups is 1. The monoisotopic (exact) mass is 580 g/mol. The van der Waals surface area contributed by atoms with Gasteiger partial charge in [-0.25, -0.2) is 14.5 Å². The van der Waals surface area contributed by atoms with Gasteiger partial charge >= 0.3 is 5.63 Å². The molecule has 3 aromatic carbocycles. The van der Waals surface area contributed by atoms with Crippen molar-refractivity contribution in [3.63, 3.8) is 0 Å². The van der Waals surface area contributed by atoms with Gasteiger partial charge in [0.1, 0.15) is 23.8 Å². The first-order valence-corrected chi connectivity index (χ1v) is 13.6. The maximum absolute atomic E-state index is 12.6. The summed E-state index contributed by atoms with van der Waals surface area (Å²) in [5.41, 5.74) is 6.13. The highest BCUT2D eigenvalue weighted by Gasteiger charge is 2.13. The molecule has 210 valence electrons. The van der Waals surface area contributed by atoms with Crippen LogP contribution in [-0.2, 0) is 6.61 Å². The van der Waals surface area contributed by atoms with Crippen LogP contribution < -0.4 is 25.3 Å². The Morgan fingerprint density at radius 3 is 2.62 bits per heavy atom. The molecule has 0 spiro atoms. The Morgan fingerprint density at radius 1 is 1.02 bits per heavy atom. The molecule has 1 N–H and O–H groups in total. The highest BCUT2D eigenvalue weighted by atomic mass is 32.1. The zero-order chi connectivity index (χ0) is 28.9. The molecule has 0 unspecified atom stereocenters. The average Bonchev–Trinajstić information content (AvgIpc) is 3.70. The molecule has 0 saturated heterocycles. The Balaban J connectivity index is 1.04. The molecule has 6 rings (SSSR count). The van der Waals surface area contributed by atoms with Crippen LogP contribution in [0.2, 0.25) is 0 Å². The number of nitrogens with zero attached hydrogens (tertiary/aromatic N) is 5. The lowest BCUT2D eigenvalue weighted by Crippen LogP contribution is -2.03. The zero-order valence-electron chi connectivity index (χ0n) is 22.6. The number of methoxy groups -OCH3 is 2. The highest BCUT2D eigenvalue weighted by Crippen LogP contribution is 2.29. The fourth-order valence-corrected chi connectivity index (χ4v) is 4.76. The fourth-order valence-electron chi connectivity index (χ4n) is 4.10. The molecule has 0 aliphatic heterocycles. The maximum Gasteiger partial charge on any atom is 0.345 e. The standard InChI is InChI=1S/C30H24N6O5S/c1-38-23-12-8-22(9-13-23)36-16-21(33-35-36)17-40-24-10-6-19(7-11-24)15-31-34-30-32-26(18-42-30)25-14-20-4-3-5-27(39-2)28(20)41-29(25)37/h3-16,18H,17H2,1-2H3,(H,32,34)/b31-15+. The summed E-state index contributed by atoms with van der Waals surface area (Å²) < 4.78 is 23.5. The smallest absolute Gasteiger partial charge is 0.345 e. The van der Waals surface area contributed by atoms with E-state index in [1.54, 1.807) is 35.5 Å². The van der Waals surface area contributed by atoms with Gasteiger partial charge in [-0.2, -0.15) is 5.10 Å². The third-order valence-electron chi connectivity index (χ3n) is 6.24. The van der Waals surface area contributed by atoms with Gasteiger partial charge in [0.2, 0.25) is 5.13 Å². The van der Waals surface area contributed by atoms with Crippen LogP contribution in [-0.4, -0.2) is 40.4 Å². The number of benzene rings is 3. The van der Waals surface area contributed by atoms with Crippen LogP contribution in [0.4, 0.5) is 5.13 Å². The summed E-state index contributed by atoms with van der Waals surface area (Å²) >= 11 is 1.33. The predicted molar refractivity (Wildman–Crippen MR) is 160 cm³/mol. The number of aromatic nitrogens is 4. The van der Waals surface area contributed by atoms with Crippen molar-refractivity contribution in [1.29, 1.82) is 0 Å². The first-order valence-electron chi connectivity index (χ1n) is 12.7. The molecule has 0 saturated carbocycles. The number of hydrogen-bond acceptors (Lipinski definition) is 11. The molecule has 0 bridgehead atoms. The summed E-state index contributed by atoms with van der Waals surface area (Å²) in [4.78, 5) is 17.1. The van der Waals surface area contributed by atoms with Crippen LogP contribution in [0.15, 0.2) is 98.7 Å². The van der Waals surface area contributed by atoms with E-state index in [1.165, 1.54) is 18.4 Å². The first-order chi connectivity index (χ1) is 20.6. The Hall–Kier alpha value is -5.49. The number of thiazole rings is 1. The van der Waals surface area contributed by atoms with Gasteiger partial charge in [-0.3, -0.25) is 5.43 Å². The predicted octanol–water partition coefficient (Wildman–Crippen LogP) is 5.54. The quantitative estimate of drug-likeness (QED) is 0.126. The molecule has 0 fully saturated rings. The second-order valence-electron chi connectivity index (χ2n) is 8.94. The summed E-state index contributed by atoms with van der Waals surface area (Å²) in [5.74, 6) is 1.97. The number of anilines is 1. The number of nitrogens with one attached hydrogen (secondary N) is 1. The van der Waals surface area contributed by atoms with E-state index in [-0.39, 0.29) is 6.61 Å². The Kier molecular flexibility index (Phi) is 7.60. The molecule has 0 amide bonds. The van der Waals surface area contributed by atoms with E-state index >= 15 is 0 Å². The van der Waals surface area contributed by atoms with E-state index in [2.05, 4.69) is 25.8 Å². The third kappa shape index (κ3) is 5.83. The van der Waals surface area contributed by atoms with Crippen molar-refractivity contribution in [2.45, 2.75) is 6.61 Å². The van der Waals surface area contributed by atoms with Gasteiger partial charge in [-0.1, -0.05) is 17.3 Å². The van der Waals surface area contributed by atoms with Crippen LogP contribution in [0.25, 0.3) is 27.9 Å². The van der Waals surface area contributed by atoms with Gasteiger partial charge in [-0.05, 0) is 66.2 Å². The lowest BCUT2D eigenvalue weighted by molar-refractivity contribution is 0.301. The zero-order valence-corrected chi connectivity index (χ0v) is 23.4. The van der Waals surface area contributed by atoms with E-state index in [0.29, 0.717) is 39.2 Å². The molecule has 0 aliphatic rings. The van der Waals surface area contributed by atoms with Crippen molar-refractivity contribution in [2.24, 2.45) is 5.10 Å². The molecule has 0 atom stereocenters. The van der Waals surface area contributed by atoms with Crippen molar-refractivity contribution in [3.8, 4) is 34.2 Å². The lowest BCUT2D eigenvalue weighted by atomic mass is 10.1. The molecule has 6 aromatic rings. The van der Waals surface area contributed by atoms with E-state index in [4.69, 9.17) is 18.6 Å². The summed E-state index contributed by atoms with van der Waals surface area (Å²) in [5, 5.41) is 15.7. The second kappa shape index (κ2) is 11.9. The van der Waals surface area contributed by atoms with Gasteiger partial charge in [0.15, 0.2) is 11.3 Å². The SMILES string of the molecule is COc1ccc(-n2cc(COc3ccc(/C=N/Nc4nc(-c5cc6cccc(OC)c6oc5=O)cs4)cc3)nn2)cc1. The van der Waals surface area contributed by atoms with Crippen molar-refractivity contribution >= 4 is 33.7 Å². The van der Waals surface area contributed by atoms with Crippen molar-refractivity contribution in [3.05, 3.63) is 106 Å². The lowest BCUT2D eigenvalue weighted by Gasteiger charge is -2.04. The van der Waals surface area contributed by atoms with Gasteiger partial charge in [0.05, 0.1) is 43.6 Å². The summed E-state index contributed by atoms with van der Waals surface area (Å²) in [6, 6.07) is 22.2. The molecule has 3 aromatic heterocycles. The number of rotatable bonds is 10. The van der Waals surface area contributed by atoms with Gasteiger partial charge in [0.25, 0.3) is 0 Å². The second-order valence-corrected chi connectivity index (χ2v) is 9.80. The topological polar surface area (TPSA) is 126 Å². The molecular formula is C30H24N6O5S. The number of para-hydroxylation sites is 1. The van der Waals surface area contributed by atoms with Crippen molar-refractivity contribution in [2.75, 3.05) is 19.6 Å². The molecule has 3 heterocycles. The van der Waals surface area contributed by atoms with E-state index in [1.807, 2.05) is 66.9 Å². The minimum atomic E-state index is -0.489. The van der Waals surface area contributed by atoms with Crippen molar-refractivity contribution in [1.82, 2.24) is 20.0 Å².